The molecule has 0 aliphatic rings. The van der Waals surface area contributed by atoms with Gasteiger partial charge in [0, 0.05) is 17.3 Å². The molecule has 0 fully saturated rings. The molecule has 98 valence electrons. The normalized spacial score (nSPS) is 11.4. The molecule has 1 aromatic heterocycles. The first-order valence-electron chi connectivity index (χ1n) is 5.69. The van der Waals surface area contributed by atoms with Crippen LogP contribution in [-0.2, 0) is 0 Å². The first-order valence-corrected chi connectivity index (χ1v) is 5.69. The predicted molar refractivity (Wildman–Crippen MR) is 71.8 cm³/mol. The summed E-state index contributed by atoms with van der Waals surface area (Å²) in [4.78, 5) is 17.8. The van der Waals surface area contributed by atoms with E-state index in [1.807, 2.05) is 0 Å². The minimum atomic E-state index is -0.325. The van der Waals surface area contributed by atoms with Crippen molar-refractivity contribution in [3.05, 3.63) is 57.8 Å². The highest BCUT2D eigenvalue weighted by Gasteiger charge is 2.00. The fourth-order valence-corrected chi connectivity index (χ4v) is 1.55. The van der Waals surface area contributed by atoms with Gasteiger partial charge in [-0.1, -0.05) is 12.1 Å². The summed E-state index contributed by atoms with van der Waals surface area (Å²) < 4.78 is 13.1. The number of aromatic amines is 1. The minimum absolute atomic E-state index is 0.251. The Hall–Kier alpha value is -2.50. The van der Waals surface area contributed by atoms with Gasteiger partial charge < -0.3 is 0 Å². The summed E-state index contributed by atoms with van der Waals surface area (Å²) in [6.07, 6.45) is 0. The Morgan fingerprint density at radius 3 is 2.89 bits per heavy atom. The SMILES string of the molecule is C/C(=N\Nc1nc(C)cc(=O)[nH]1)c1cccc(F)c1. The second-order valence-corrected chi connectivity index (χ2v) is 4.05. The third-order valence-electron chi connectivity index (χ3n) is 2.44. The fourth-order valence-electron chi connectivity index (χ4n) is 1.55. The number of hydrogen-bond donors (Lipinski definition) is 2. The van der Waals surface area contributed by atoms with Crippen molar-refractivity contribution in [1.82, 2.24) is 9.97 Å². The van der Waals surface area contributed by atoms with Gasteiger partial charge in [-0.05, 0) is 26.0 Å². The average Bonchev–Trinajstić information content (AvgIpc) is 2.35. The Balaban J connectivity index is 2.20. The molecule has 0 aliphatic carbocycles. The summed E-state index contributed by atoms with van der Waals surface area (Å²) >= 11 is 0. The van der Waals surface area contributed by atoms with Crippen LogP contribution in [0.2, 0.25) is 0 Å². The standard InChI is InChI=1S/C13H13FN4O/c1-8-6-12(19)16-13(15-8)18-17-9(2)10-4-3-5-11(14)7-10/h3-7H,1-2H3,(H2,15,16,18,19)/b17-9+. The molecule has 0 unspecified atom stereocenters. The van der Waals surface area contributed by atoms with E-state index in [1.165, 1.54) is 18.2 Å². The number of rotatable bonds is 3. The van der Waals surface area contributed by atoms with Crippen LogP contribution in [0.5, 0.6) is 0 Å². The summed E-state index contributed by atoms with van der Waals surface area (Å²) in [6.45, 7) is 3.44. The van der Waals surface area contributed by atoms with Crippen molar-refractivity contribution in [2.24, 2.45) is 5.10 Å². The molecule has 2 rings (SSSR count). The van der Waals surface area contributed by atoms with Crippen LogP contribution in [0.1, 0.15) is 18.2 Å². The smallest absolute Gasteiger partial charge is 0.252 e. The van der Waals surface area contributed by atoms with Crippen LogP contribution in [0.3, 0.4) is 0 Å². The van der Waals surface area contributed by atoms with Crippen LogP contribution in [0, 0.1) is 12.7 Å². The molecule has 1 aromatic carbocycles. The van der Waals surface area contributed by atoms with E-state index in [2.05, 4.69) is 20.5 Å². The van der Waals surface area contributed by atoms with Gasteiger partial charge in [0.25, 0.3) is 5.56 Å². The third kappa shape index (κ3) is 3.48. The van der Waals surface area contributed by atoms with Gasteiger partial charge in [-0.3, -0.25) is 9.78 Å². The molecule has 0 spiro atoms. The van der Waals surface area contributed by atoms with Gasteiger partial charge in [0.05, 0.1) is 5.71 Å². The van der Waals surface area contributed by atoms with E-state index >= 15 is 0 Å². The zero-order valence-electron chi connectivity index (χ0n) is 10.6. The van der Waals surface area contributed by atoms with E-state index < -0.39 is 0 Å². The van der Waals surface area contributed by atoms with E-state index in [4.69, 9.17) is 0 Å². The topological polar surface area (TPSA) is 70.1 Å². The van der Waals surface area contributed by atoms with Gasteiger partial charge >= 0.3 is 0 Å². The molecule has 19 heavy (non-hydrogen) atoms. The van der Waals surface area contributed by atoms with Gasteiger partial charge in [-0.2, -0.15) is 5.10 Å². The second-order valence-electron chi connectivity index (χ2n) is 4.05. The average molecular weight is 260 g/mol. The van der Waals surface area contributed by atoms with Gasteiger partial charge in [-0.15, -0.1) is 0 Å². The molecule has 5 nitrogen and oxygen atoms in total. The molecule has 2 aromatic rings. The van der Waals surface area contributed by atoms with Crippen LogP contribution in [0.25, 0.3) is 0 Å². The molecule has 0 aliphatic heterocycles. The lowest BCUT2D eigenvalue weighted by Gasteiger charge is -2.03. The molecular weight excluding hydrogens is 247 g/mol. The number of hydrazone groups is 1. The van der Waals surface area contributed by atoms with Gasteiger partial charge in [0.1, 0.15) is 5.82 Å². The maximum absolute atomic E-state index is 13.1. The van der Waals surface area contributed by atoms with Crippen LogP contribution < -0.4 is 11.0 Å². The van der Waals surface area contributed by atoms with E-state index in [1.54, 1.807) is 26.0 Å². The number of nitrogens with zero attached hydrogens (tertiary/aromatic N) is 2. The molecule has 0 radical (unpaired) electrons. The maximum Gasteiger partial charge on any atom is 0.252 e. The van der Waals surface area contributed by atoms with Gasteiger partial charge in [-0.25, -0.2) is 14.8 Å². The number of aromatic nitrogens is 2. The van der Waals surface area contributed by atoms with Crippen LogP contribution in [0.15, 0.2) is 40.2 Å². The Morgan fingerprint density at radius 2 is 2.21 bits per heavy atom. The Bertz CT molecular complexity index is 678. The maximum atomic E-state index is 13.1. The van der Waals surface area contributed by atoms with E-state index in [9.17, 15) is 9.18 Å². The lowest BCUT2D eigenvalue weighted by Crippen LogP contribution is -2.11. The predicted octanol–water partition coefficient (Wildman–Crippen LogP) is 2.05. The van der Waals surface area contributed by atoms with Crippen molar-refractivity contribution in [1.29, 1.82) is 0 Å². The Labute approximate surface area is 109 Å². The van der Waals surface area contributed by atoms with Crippen molar-refractivity contribution in [2.75, 3.05) is 5.43 Å². The zero-order valence-corrected chi connectivity index (χ0v) is 10.6. The number of benzene rings is 1. The van der Waals surface area contributed by atoms with E-state index in [0.717, 1.165) is 0 Å². The minimum Gasteiger partial charge on any atom is -0.291 e. The summed E-state index contributed by atoms with van der Waals surface area (Å²) in [5.74, 6) is -0.0742. The molecule has 1 heterocycles. The van der Waals surface area contributed by atoms with Crippen molar-refractivity contribution >= 4 is 11.7 Å². The first-order chi connectivity index (χ1) is 9.04. The first kappa shape index (κ1) is 12.9. The number of hydrogen-bond acceptors (Lipinski definition) is 4. The third-order valence-corrected chi connectivity index (χ3v) is 2.44. The number of H-pyrrole nitrogens is 1. The molecule has 6 heteroatoms. The molecule has 2 N–H and O–H groups in total. The highest BCUT2D eigenvalue weighted by atomic mass is 19.1. The number of aryl methyl sites for hydroxylation is 1. The molecule has 0 amide bonds. The highest BCUT2D eigenvalue weighted by Crippen LogP contribution is 2.05. The monoisotopic (exact) mass is 260 g/mol. The largest absolute Gasteiger partial charge is 0.291 e. The Kier molecular flexibility index (Phi) is 3.70. The second kappa shape index (κ2) is 5.43. The van der Waals surface area contributed by atoms with Crippen molar-refractivity contribution in [3.8, 4) is 0 Å². The fraction of sp³-hybridized carbons (Fsp3) is 0.154. The molecule has 0 saturated carbocycles. The van der Waals surface area contributed by atoms with Crippen molar-refractivity contribution < 1.29 is 4.39 Å². The number of anilines is 1. The lowest BCUT2D eigenvalue weighted by atomic mass is 10.1. The van der Waals surface area contributed by atoms with Crippen LogP contribution in [0.4, 0.5) is 10.3 Å². The molecular formula is C13H13FN4O. The van der Waals surface area contributed by atoms with Crippen LogP contribution in [-0.4, -0.2) is 15.7 Å². The summed E-state index contributed by atoms with van der Waals surface area (Å²) in [6, 6.07) is 7.48. The van der Waals surface area contributed by atoms with E-state index in [-0.39, 0.29) is 17.3 Å². The number of halogens is 1. The van der Waals surface area contributed by atoms with Crippen molar-refractivity contribution in [3.63, 3.8) is 0 Å². The molecule has 0 bridgehead atoms. The summed E-state index contributed by atoms with van der Waals surface area (Å²) in [5.41, 5.74) is 4.22. The summed E-state index contributed by atoms with van der Waals surface area (Å²) in [7, 11) is 0. The molecule has 0 atom stereocenters. The number of nitrogens with one attached hydrogen (secondary N) is 2. The van der Waals surface area contributed by atoms with Crippen LogP contribution >= 0.6 is 0 Å². The Morgan fingerprint density at radius 1 is 1.42 bits per heavy atom. The molecule has 0 saturated heterocycles. The van der Waals surface area contributed by atoms with Gasteiger partial charge in [0.15, 0.2) is 0 Å². The van der Waals surface area contributed by atoms with Crippen molar-refractivity contribution in [2.45, 2.75) is 13.8 Å². The lowest BCUT2D eigenvalue weighted by molar-refractivity contribution is 0.627. The summed E-state index contributed by atoms with van der Waals surface area (Å²) in [5, 5.41) is 4.06. The zero-order chi connectivity index (χ0) is 13.8. The quantitative estimate of drug-likeness (QED) is 0.655. The van der Waals surface area contributed by atoms with Gasteiger partial charge in [0.2, 0.25) is 5.95 Å². The highest BCUT2D eigenvalue weighted by molar-refractivity contribution is 5.98. The van der Waals surface area contributed by atoms with E-state index in [0.29, 0.717) is 17.0 Å².